The number of aryl methyl sites for hydroxylation is 1. The molecule has 0 bridgehead atoms. The molecule has 7 heteroatoms. The van der Waals surface area contributed by atoms with Crippen LogP contribution in [0.2, 0.25) is 0 Å². The molecule has 0 aliphatic carbocycles. The van der Waals surface area contributed by atoms with Crippen LogP contribution in [-0.2, 0) is 24.4 Å². The molecule has 0 amide bonds. The van der Waals surface area contributed by atoms with Crippen molar-refractivity contribution in [3.63, 3.8) is 0 Å². The molecular formula is C20H26N4O3. The maximum Gasteiger partial charge on any atom is 0.332 e. The zero-order valence-corrected chi connectivity index (χ0v) is 15.9. The minimum atomic E-state index is -0.290. The summed E-state index contributed by atoms with van der Waals surface area (Å²) in [6, 6.07) is 9.91. The summed E-state index contributed by atoms with van der Waals surface area (Å²) >= 11 is 0. The van der Waals surface area contributed by atoms with Crippen molar-refractivity contribution in [2.24, 2.45) is 0 Å². The van der Waals surface area contributed by atoms with Crippen LogP contribution in [0.4, 0.5) is 0 Å². The zero-order valence-electron chi connectivity index (χ0n) is 15.9. The maximum atomic E-state index is 13.1. The fraction of sp³-hybridized carbons (Fsp3) is 0.450. The van der Waals surface area contributed by atoms with E-state index < -0.39 is 0 Å². The molecule has 3 rings (SSSR count). The number of methoxy groups -OCH3 is 1. The summed E-state index contributed by atoms with van der Waals surface area (Å²) < 4.78 is 9.86. The monoisotopic (exact) mass is 370 g/mol. The average molecular weight is 370 g/mol. The Bertz CT molecular complexity index is 1000. The number of ether oxygens (including phenoxy) is 1. The van der Waals surface area contributed by atoms with E-state index in [0.29, 0.717) is 43.8 Å². The van der Waals surface area contributed by atoms with Crippen molar-refractivity contribution in [3.05, 3.63) is 63.1 Å². The first kappa shape index (κ1) is 19.1. The van der Waals surface area contributed by atoms with Gasteiger partial charge in [0.15, 0.2) is 11.2 Å². The predicted molar refractivity (Wildman–Crippen MR) is 105 cm³/mol. The van der Waals surface area contributed by atoms with E-state index in [0.717, 1.165) is 18.4 Å². The van der Waals surface area contributed by atoms with Gasteiger partial charge in [-0.05, 0) is 18.4 Å². The predicted octanol–water partition coefficient (Wildman–Crippen LogP) is 2.24. The van der Waals surface area contributed by atoms with Crippen LogP contribution in [0, 0.1) is 0 Å². The molecule has 0 unspecified atom stereocenters. The molecule has 0 atom stereocenters. The van der Waals surface area contributed by atoms with Gasteiger partial charge in [0, 0.05) is 33.4 Å². The molecule has 3 aromatic rings. The lowest BCUT2D eigenvalue weighted by Crippen LogP contribution is -2.41. The number of nitrogens with zero attached hydrogens (tertiary/aromatic N) is 4. The number of hydrogen-bond acceptors (Lipinski definition) is 4. The SMILES string of the molecule is CCCCn1c(=O)n(CCCOC)c(=O)c2c1ncn2Cc1ccccc1. The van der Waals surface area contributed by atoms with Gasteiger partial charge in [0.25, 0.3) is 5.56 Å². The Kier molecular flexibility index (Phi) is 6.24. The van der Waals surface area contributed by atoms with E-state index in [4.69, 9.17) is 4.74 Å². The van der Waals surface area contributed by atoms with E-state index in [-0.39, 0.29) is 11.2 Å². The molecule has 0 fully saturated rings. The van der Waals surface area contributed by atoms with Gasteiger partial charge in [-0.25, -0.2) is 9.78 Å². The largest absolute Gasteiger partial charge is 0.385 e. The van der Waals surface area contributed by atoms with Gasteiger partial charge < -0.3 is 9.30 Å². The summed E-state index contributed by atoms with van der Waals surface area (Å²) in [4.78, 5) is 30.4. The Balaban J connectivity index is 2.12. The van der Waals surface area contributed by atoms with E-state index in [2.05, 4.69) is 11.9 Å². The lowest BCUT2D eigenvalue weighted by atomic mass is 10.2. The minimum absolute atomic E-state index is 0.285. The van der Waals surface area contributed by atoms with Crippen molar-refractivity contribution < 1.29 is 4.74 Å². The molecular weight excluding hydrogens is 344 g/mol. The molecule has 0 saturated heterocycles. The number of rotatable bonds is 9. The second kappa shape index (κ2) is 8.81. The van der Waals surface area contributed by atoms with Crippen LogP contribution >= 0.6 is 0 Å². The third-order valence-electron chi connectivity index (χ3n) is 4.64. The van der Waals surface area contributed by atoms with Crippen LogP contribution in [0.3, 0.4) is 0 Å². The Morgan fingerprint density at radius 1 is 1.04 bits per heavy atom. The van der Waals surface area contributed by atoms with Gasteiger partial charge in [0.2, 0.25) is 0 Å². The molecule has 0 aliphatic heterocycles. The molecule has 2 aromatic heterocycles. The highest BCUT2D eigenvalue weighted by Crippen LogP contribution is 2.11. The van der Waals surface area contributed by atoms with E-state index in [9.17, 15) is 9.59 Å². The lowest BCUT2D eigenvalue weighted by molar-refractivity contribution is 0.189. The Labute approximate surface area is 157 Å². The Morgan fingerprint density at radius 3 is 2.48 bits per heavy atom. The first-order chi connectivity index (χ1) is 13.2. The Morgan fingerprint density at radius 2 is 1.78 bits per heavy atom. The average Bonchev–Trinajstić information content (AvgIpc) is 3.09. The van der Waals surface area contributed by atoms with E-state index in [1.54, 1.807) is 18.0 Å². The molecule has 0 N–H and O–H groups in total. The van der Waals surface area contributed by atoms with Crippen LogP contribution in [0.15, 0.2) is 46.2 Å². The van der Waals surface area contributed by atoms with Gasteiger partial charge in [-0.2, -0.15) is 0 Å². The van der Waals surface area contributed by atoms with Crippen molar-refractivity contribution >= 4 is 11.2 Å². The van der Waals surface area contributed by atoms with Crippen LogP contribution in [0.5, 0.6) is 0 Å². The summed E-state index contributed by atoms with van der Waals surface area (Å²) in [5.74, 6) is 0. The van der Waals surface area contributed by atoms with Gasteiger partial charge in [0.05, 0.1) is 6.33 Å². The molecule has 0 spiro atoms. The van der Waals surface area contributed by atoms with Gasteiger partial charge in [-0.15, -0.1) is 0 Å². The minimum Gasteiger partial charge on any atom is -0.385 e. The summed E-state index contributed by atoms with van der Waals surface area (Å²) in [7, 11) is 1.61. The van der Waals surface area contributed by atoms with Crippen molar-refractivity contribution in [3.8, 4) is 0 Å². The highest BCUT2D eigenvalue weighted by atomic mass is 16.5. The van der Waals surface area contributed by atoms with Gasteiger partial charge in [0.1, 0.15) is 0 Å². The third kappa shape index (κ3) is 4.03. The first-order valence-electron chi connectivity index (χ1n) is 9.38. The molecule has 2 heterocycles. The number of imidazole rings is 1. The summed E-state index contributed by atoms with van der Waals surface area (Å²) in [6.07, 6.45) is 4.08. The van der Waals surface area contributed by atoms with Crippen LogP contribution in [0.25, 0.3) is 11.2 Å². The lowest BCUT2D eigenvalue weighted by Gasteiger charge is -2.12. The number of benzene rings is 1. The topological polar surface area (TPSA) is 71.1 Å². The standard InChI is InChI=1S/C20H26N4O3/c1-3-4-11-23-18-17(19(25)24(20(23)26)12-8-13-27-2)22(15-21-18)14-16-9-6-5-7-10-16/h5-7,9-10,15H,3-4,8,11-14H2,1-2H3. The van der Waals surface area contributed by atoms with Crippen molar-refractivity contribution in [1.82, 2.24) is 18.7 Å². The van der Waals surface area contributed by atoms with Crippen molar-refractivity contribution in [2.75, 3.05) is 13.7 Å². The molecule has 1 aromatic carbocycles. The second-order valence-electron chi connectivity index (χ2n) is 6.62. The highest BCUT2D eigenvalue weighted by Gasteiger charge is 2.17. The Hall–Kier alpha value is -2.67. The van der Waals surface area contributed by atoms with Crippen LogP contribution in [0.1, 0.15) is 31.7 Å². The molecule has 144 valence electrons. The first-order valence-corrected chi connectivity index (χ1v) is 9.38. The summed E-state index contributed by atoms with van der Waals surface area (Å²) in [5, 5.41) is 0. The third-order valence-corrected chi connectivity index (χ3v) is 4.64. The van der Waals surface area contributed by atoms with E-state index in [1.807, 2.05) is 34.9 Å². The summed E-state index contributed by atoms with van der Waals surface area (Å²) in [6.45, 7) is 4.01. The van der Waals surface area contributed by atoms with Gasteiger partial charge >= 0.3 is 5.69 Å². The normalized spacial score (nSPS) is 11.3. The number of fused-ring (bicyclic) bond motifs is 1. The molecule has 7 nitrogen and oxygen atoms in total. The summed E-state index contributed by atoms with van der Waals surface area (Å²) in [5.41, 5.74) is 1.45. The fourth-order valence-electron chi connectivity index (χ4n) is 3.22. The zero-order chi connectivity index (χ0) is 19.2. The fourth-order valence-corrected chi connectivity index (χ4v) is 3.22. The van der Waals surface area contributed by atoms with Gasteiger partial charge in [-0.1, -0.05) is 43.7 Å². The molecule has 27 heavy (non-hydrogen) atoms. The molecule has 0 aliphatic rings. The van der Waals surface area contributed by atoms with E-state index in [1.165, 1.54) is 4.57 Å². The van der Waals surface area contributed by atoms with Crippen LogP contribution in [-0.4, -0.2) is 32.4 Å². The number of unbranched alkanes of at least 4 members (excludes halogenated alkanes) is 1. The van der Waals surface area contributed by atoms with Crippen molar-refractivity contribution in [2.45, 2.75) is 45.8 Å². The number of hydrogen-bond donors (Lipinski definition) is 0. The molecule has 0 saturated carbocycles. The van der Waals surface area contributed by atoms with Crippen molar-refractivity contribution in [1.29, 1.82) is 0 Å². The maximum absolute atomic E-state index is 13.1. The molecule has 0 radical (unpaired) electrons. The highest BCUT2D eigenvalue weighted by molar-refractivity contribution is 5.70. The van der Waals surface area contributed by atoms with Gasteiger partial charge in [-0.3, -0.25) is 13.9 Å². The quantitative estimate of drug-likeness (QED) is 0.542. The van der Waals surface area contributed by atoms with E-state index >= 15 is 0 Å². The second-order valence-corrected chi connectivity index (χ2v) is 6.62. The smallest absolute Gasteiger partial charge is 0.332 e. The number of aromatic nitrogens is 4. The van der Waals surface area contributed by atoms with Crippen LogP contribution < -0.4 is 11.2 Å².